The first-order valence-corrected chi connectivity index (χ1v) is 4.98. The highest BCUT2D eigenvalue weighted by atomic mass is 35.5. The van der Waals surface area contributed by atoms with Crippen molar-refractivity contribution in [2.75, 3.05) is 5.73 Å². The van der Waals surface area contributed by atoms with Crippen molar-refractivity contribution in [3.8, 4) is 11.5 Å². The van der Waals surface area contributed by atoms with Crippen LogP contribution in [0, 0.1) is 0 Å². The van der Waals surface area contributed by atoms with Gasteiger partial charge in [-0.25, -0.2) is 0 Å². The van der Waals surface area contributed by atoms with E-state index in [4.69, 9.17) is 10.5 Å². The van der Waals surface area contributed by atoms with Gasteiger partial charge in [-0.15, -0.1) is 12.4 Å². The lowest BCUT2D eigenvalue weighted by molar-refractivity contribution is 0.460. The van der Waals surface area contributed by atoms with E-state index >= 15 is 0 Å². The highest BCUT2D eigenvalue weighted by Gasteiger charge is 2.17. The Bertz CT molecular complexity index is 525. The molecule has 0 spiro atoms. The molecule has 16 heavy (non-hydrogen) atoms. The van der Waals surface area contributed by atoms with E-state index in [-0.39, 0.29) is 12.4 Å². The van der Waals surface area contributed by atoms with Crippen molar-refractivity contribution >= 4 is 18.1 Å². The number of nitrogens with two attached hydrogens (primary N) is 1. The molecule has 3 heteroatoms. The van der Waals surface area contributed by atoms with Crippen LogP contribution in [0.15, 0.2) is 42.5 Å². The van der Waals surface area contributed by atoms with Gasteiger partial charge >= 0.3 is 0 Å². The van der Waals surface area contributed by atoms with Gasteiger partial charge < -0.3 is 10.5 Å². The fourth-order valence-corrected chi connectivity index (χ4v) is 1.93. The Kier molecular flexibility index (Phi) is 2.75. The van der Waals surface area contributed by atoms with Gasteiger partial charge in [0.25, 0.3) is 0 Å². The molecule has 0 radical (unpaired) electrons. The standard InChI is InChI=1S/C13H11NO.ClH/c14-11-5-3-7-13-10(11)8-9-4-1-2-6-12(9)15-13;/h1-7H,8,14H2;1H. The Morgan fingerprint density at radius 2 is 1.69 bits per heavy atom. The van der Waals surface area contributed by atoms with Crippen molar-refractivity contribution in [2.24, 2.45) is 0 Å². The summed E-state index contributed by atoms with van der Waals surface area (Å²) in [6.07, 6.45) is 0.859. The van der Waals surface area contributed by atoms with Gasteiger partial charge in [-0.1, -0.05) is 24.3 Å². The maximum atomic E-state index is 5.92. The smallest absolute Gasteiger partial charge is 0.133 e. The zero-order valence-electron chi connectivity index (χ0n) is 8.64. The summed E-state index contributed by atoms with van der Waals surface area (Å²) in [6, 6.07) is 13.9. The number of hydrogen-bond acceptors (Lipinski definition) is 2. The van der Waals surface area contributed by atoms with E-state index < -0.39 is 0 Å². The third-order valence-electron chi connectivity index (χ3n) is 2.73. The Morgan fingerprint density at radius 3 is 2.56 bits per heavy atom. The number of fused-ring (bicyclic) bond motifs is 2. The predicted octanol–water partition coefficient (Wildman–Crippen LogP) is 3.39. The number of halogens is 1. The molecule has 82 valence electrons. The van der Waals surface area contributed by atoms with Gasteiger partial charge in [0.2, 0.25) is 0 Å². The molecule has 2 nitrogen and oxygen atoms in total. The molecular formula is C13H12ClNO. The lowest BCUT2D eigenvalue weighted by atomic mass is 9.99. The summed E-state index contributed by atoms with van der Waals surface area (Å²) < 4.78 is 5.78. The van der Waals surface area contributed by atoms with E-state index in [1.54, 1.807) is 0 Å². The van der Waals surface area contributed by atoms with Gasteiger partial charge in [-0.2, -0.15) is 0 Å². The number of ether oxygens (including phenoxy) is 1. The minimum Gasteiger partial charge on any atom is -0.457 e. The molecule has 2 N–H and O–H groups in total. The molecule has 0 atom stereocenters. The topological polar surface area (TPSA) is 35.2 Å². The molecule has 0 aromatic heterocycles. The maximum absolute atomic E-state index is 5.92. The van der Waals surface area contributed by atoms with Crippen LogP contribution >= 0.6 is 12.4 Å². The first-order valence-electron chi connectivity index (χ1n) is 4.98. The SMILES string of the molecule is Cl.Nc1cccc2c1Cc1ccccc1O2. The van der Waals surface area contributed by atoms with Gasteiger partial charge in [0.1, 0.15) is 11.5 Å². The first-order chi connectivity index (χ1) is 7.34. The Morgan fingerprint density at radius 1 is 0.938 bits per heavy atom. The summed E-state index contributed by atoms with van der Waals surface area (Å²) in [5, 5.41) is 0. The second-order valence-electron chi connectivity index (χ2n) is 3.71. The second-order valence-corrected chi connectivity index (χ2v) is 3.71. The van der Waals surface area contributed by atoms with E-state index in [1.807, 2.05) is 36.4 Å². The van der Waals surface area contributed by atoms with Gasteiger partial charge in [0.05, 0.1) is 0 Å². The van der Waals surface area contributed by atoms with Crippen molar-refractivity contribution in [2.45, 2.75) is 6.42 Å². The zero-order valence-corrected chi connectivity index (χ0v) is 9.46. The number of rotatable bonds is 0. The summed E-state index contributed by atoms with van der Waals surface area (Å²) in [7, 11) is 0. The molecule has 0 fully saturated rings. The van der Waals surface area contributed by atoms with Crippen LogP contribution in [-0.4, -0.2) is 0 Å². The number of hydrogen-bond donors (Lipinski definition) is 1. The summed E-state index contributed by atoms with van der Waals surface area (Å²) in [5.41, 5.74) is 9.02. The molecule has 0 amide bonds. The normalized spacial score (nSPS) is 11.8. The van der Waals surface area contributed by atoms with Crippen LogP contribution in [0.4, 0.5) is 5.69 Å². The highest BCUT2D eigenvalue weighted by molar-refractivity contribution is 5.85. The van der Waals surface area contributed by atoms with Crippen LogP contribution in [-0.2, 0) is 6.42 Å². The molecule has 0 saturated heterocycles. The largest absolute Gasteiger partial charge is 0.457 e. The molecule has 1 aliphatic rings. The van der Waals surface area contributed by atoms with Gasteiger partial charge in [0.15, 0.2) is 0 Å². The van der Waals surface area contributed by atoms with Gasteiger partial charge in [0, 0.05) is 17.7 Å². The summed E-state index contributed by atoms with van der Waals surface area (Å²) in [4.78, 5) is 0. The molecule has 2 aromatic rings. The maximum Gasteiger partial charge on any atom is 0.133 e. The highest BCUT2D eigenvalue weighted by Crippen LogP contribution is 2.38. The zero-order chi connectivity index (χ0) is 10.3. The van der Waals surface area contributed by atoms with Crippen LogP contribution in [0.25, 0.3) is 0 Å². The number of para-hydroxylation sites is 1. The molecule has 3 rings (SSSR count). The number of nitrogen functional groups attached to an aromatic ring is 1. The van der Waals surface area contributed by atoms with E-state index in [0.717, 1.165) is 29.2 Å². The molecule has 0 saturated carbocycles. The van der Waals surface area contributed by atoms with Gasteiger partial charge in [-0.05, 0) is 23.8 Å². The lowest BCUT2D eigenvalue weighted by Crippen LogP contribution is -2.05. The molecule has 0 aliphatic carbocycles. The number of benzene rings is 2. The Labute approximate surface area is 100 Å². The van der Waals surface area contributed by atoms with Crippen LogP contribution in [0.1, 0.15) is 11.1 Å². The first kappa shape index (κ1) is 10.8. The lowest BCUT2D eigenvalue weighted by Gasteiger charge is -2.21. The Hall–Kier alpha value is -1.67. The van der Waals surface area contributed by atoms with E-state index in [0.29, 0.717) is 0 Å². The van der Waals surface area contributed by atoms with E-state index in [1.165, 1.54) is 5.56 Å². The molecule has 0 bridgehead atoms. The minimum absolute atomic E-state index is 0. The molecular weight excluding hydrogens is 222 g/mol. The predicted molar refractivity (Wildman–Crippen MR) is 67.4 cm³/mol. The van der Waals surface area contributed by atoms with Crippen molar-refractivity contribution in [1.82, 2.24) is 0 Å². The van der Waals surface area contributed by atoms with E-state index in [9.17, 15) is 0 Å². The number of anilines is 1. The molecule has 1 heterocycles. The third-order valence-corrected chi connectivity index (χ3v) is 2.73. The second kappa shape index (κ2) is 4.06. The fourth-order valence-electron chi connectivity index (χ4n) is 1.93. The summed E-state index contributed by atoms with van der Waals surface area (Å²) in [5.74, 6) is 1.82. The van der Waals surface area contributed by atoms with Crippen LogP contribution in [0.5, 0.6) is 11.5 Å². The third kappa shape index (κ3) is 1.61. The molecule has 0 unspecified atom stereocenters. The van der Waals surface area contributed by atoms with Crippen molar-refractivity contribution in [1.29, 1.82) is 0 Å². The monoisotopic (exact) mass is 233 g/mol. The molecule has 1 aliphatic heterocycles. The average Bonchev–Trinajstić information content (AvgIpc) is 2.27. The quantitative estimate of drug-likeness (QED) is 0.604. The van der Waals surface area contributed by atoms with E-state index in [2.05, 4.69) is 6.07 Å². The van der Waals surface area contributed by atoms with Crippen LogP contribution < -0.4 is 10.5 Å². The van der Waals surface area contributed by atoms with Crippen molar-refractivity contribution in [3.05, 3.63) is 53.6 Å². The summed E-state index contributed by atoms with van der Waals surface area (Å²) >= 11 is 0. The average molecular weight is 234 g/mol. The van der Waals surface area contributed by atoms with Crippen molar-refractivity contribution < 1.29 is 4.74 Å². The van der Waals surface area contributed by atoms with Crippen LogP contribution in [0.2, 0.25) is 0 Å². The van der Waals surface area contributed by atoms with Gasteiger partial charge in [-0.3, -0.25) is 0 Å². The molecule has 2 aromatic carbocycles. The fraction of sp³-hybridized carbons (Fsp3) is 0.0769. The summed E-state index contributed by atoms with van der Waals surface area (Å²) in [6.45, 7) is 0. The minimum atomic E-state index is 0. The van der Waals surface area contributed by atoms with Crippen LogP contribution in [0.3, 0.4) is 0 Å². The Balaban J connectivity index is 0.000000963. The van der Waals surface area contributed by atoms with Crippen molar-refractivity contribution in [3.63, 3.8) is 0 Å².